The van der Waals surface area contributed by atoms with Crippen molar-refractivity contribution in [2.75, 3.05) is 0 Å². The molecular weight excluding hydrogens is 163 g/mol. The molecule has 0 amide bonds. The molecule has 2 heteroatoms. The fourth-order valence-corrected chi connectivity index (χ4v) is 3.42. The van der Waals surface area contributed by atoms with Crippen LogP contribution in [0.4, 0.5) is 0 Å². The minimum absolute atomic E-state index is 0. The SMILES string of the molecule is CCC[CH2][Mg][CH2]CCCC(C)C.[Li]. The molecule has 0 aliphatic rings. The molecule has 0 heterocycles. The number of hydrogen-bond acceptors (Lipinski definition) is 0. The average Bonchev–Trinajstić information content (AvgIpc) is 2.02. The average molecular weight is 188 g/mol. The molecule has 0 N–H and O–H groups in total. The first-order valence-corrected chi connectivity index (χ1v) is 7.77. The van der Waals surface area contributed by atoms with Gasteiger partial charge in [-0.15, -0.1) is 9.10 Å². The molecule has 0 nitrogen and oxygen atoms in total. The summed E-state index contributed by atoms with van der Waals surface area (Å²) in [7, 11) is 0. The van der Waals surface area contributed by atoms with Gasteiger partial charge in [-0.2, -0.15) is 0 Å². The van der Waals surface area contributed by atoms with Crippen molar-refractivity contribution in [1.82, 2.24) is 0 Å². The summed E-state index contributed by atoms with van der Waals surface area (Å²) in [6.07, 6.45) is 7.35. The molecule has 0 atom stereocenters. The molecule has 0 fully saturated rings. The van der Waals surface area contributed by atoms with Gasteiger partial charge in [0.15, 0.2) is 0 Å². The first-order chi connectivity index (χ1) is 5.77. The van der Waals surface area contributed by atoms with Crippen molar-refractivity contribution in [3.8, 4) is 0 Å². The Balaban J connectivity index is 0. The molecule has 0 saturated carbocycles. The van der Waals surface area contributed by atoms with Crippen molar-refractivity contribution in [1.29, 1.82) is 0 Å². The van der Waals surface area contributed by atoms with Gasteiger partial charge in [0.05, 0.1) is 0 Å². The van der Waals surface area contributed by atoms with Crippen molar-refractivity contribution in [2.45, 2.75) is 62.0 Å². The topological polar surface area (TPSA) is 0 Å². The molecule has 0 aromatic heterocycles. The van der Waals surface area contributed by atoms with Crippen LogP contribution in [0, 0.1) is 5.92 Å². The molecule has 0 saturated heterocycles. The molecule has 0 unspecified atom stereocenters. The van der Waals surface area contributed by atoms with Gasteiger partial charge >= 0.3 is 20.4 Å². The summed E-state index contributed by atoms with van der Waals surface area (Å²) in [6, 6.07) is 0. The van der Waals surface area contributed by atoms with E-state index in [4.69, 9.17) is 0 Å². The van der Waals surface area contributed by atoms with Gasteiger partial charge in [0, 0.05) is 18.9 Å². The monoisotopic (exact) mass is 187 g/mol. The normalized spacial score (nSPS) is 9.54. The zero-order chi connectivity index (χ0) is 9.23. The Morgan fingerprint density at radius 1 is 1.00 bits per heavy atom. The van der Waals surface area contributed by atoms with E-state index in [-0.39, 0.29) is 18.9 Å². The molecule has 0 spiro atoms. The van der Waals surface area contributed by atoms with Crippen LogP contribution >= 0.6 is 0 Å². The van der Waals surface area contributed by atoms with E-state index in [9.17, 15) is 0 Å². The molecule has 0 aliphatic heterocycles. The van der Waals surface area contributed by atoms with Gasteiger partial charge in [0.2, 0.25) is 0 Å². The summed E-state index contributed by atoms with van der Waals surface area (Å²) < 4.78 is 3.20. The zero-order valence-electron chi connectivity index (χ0n) is 10.2. The van der Waals surface area contributed by atoms with Crippen molar-refractivity contribution in [3.05, 3.63) is 0 Å². The van der Waals surface area contributed by atoms with Crippen LogP contribution in [0.1, 0.15) is 52.9 Å². The van der Waals surface area contributed by atoms with Crippen LogP contribution in [0.25, 0.3) is 0 Å². The third-order valence-electron chi connectivity index (χ3n) is 2.39. The van der Waals surface area contributed by atoms with E-state index >= 15 is 0 Å². The maximum Gasteiger partial charge on any atom is 0.364 e. The molecule has 0 bridgehead atoms. The minimum atomic E-state index is 0. The van der Waals surface area contributed by atoms with Gasteiger partial charge in [-0.25, -0.2) is 0 Å². The van der Waals surface area contributed by atoms with Crippen LogP contribution < -0.4 is 0 Å². The maximum atomic E-state index is 2.33. The third kappa shape index (κ3) is 16.1. The van der Waals surface area contributed by atoms with Crippen molar-refractivity contribution in [2.24, 2.45) is 5.92 Å². The smallest absolute Gasteiger partial charge is 0.146 e. The molecule has 0 aliphatic carbocycles. The van der Waals surface area contributed by atoms with E-state index < -0.39 is 0 Å². The van der Waals surface area contributed by atoms with E-state index in [0.29, 0.717) is 20.4 Å². The Morgan fingerprint density at radius 3 is 2.15 bits per heavy atom. The van der Waals surface area contributed by atoms with Crippen LogP contribution in [0.5, 0.6) is 0 Å². The Labute approximate surface area is 107 Å². The largest absolute Gasteiger partial charge is 0.364 e. The Kier molecular flexibility index (Phi) is 17.3. The van der Waals surface area contributed by atoms with Crippen LogP contribution in [0.15, 0.2) is 0 Å². The number of rotatable bonds is 8. The van der Waals surface area contributed by atoms with Crippen LogP contribution in [-0.2, 0) is 0 Å². The Hall–Kier alpha value is 1.36. The van der Waals surface area contributed by atoms with E-state index in [1.54, 1.807) is 9.10 Å². The Morgan fingerprint density at radius 2 is 1.62 bits per heavy atom. The standard InChI is InChI=1S/C7H15.C4H9.Li.Mg/c1-4-5-6-7(2)3;1-3-4-2;;/h7H,1,4-6H2,2-3H3;1,3-4H2,2H3;;. The molecule has 1 radical (unpaired) electrons. The predicted octanol–water partition coefficient (Wildman–Crippen LogP) is 3.77. The van der Waals surface area contributed by atoms with Gasteiger partial charge in [-0.05, 0) is 5.92 Å². The Bertz CT molecular complexity index is 84.2. The number of unbranched alkanes of at least 4 members (excludes halogenated alkanes) is 2. The van der Waals surface area contributed by atoms with Crippen molar-refractivity contribution in [3.63, 3.8) is 0 Å². The summed E-state index contributed by atoms with van der Waals surface area (Å²) in [6.45, 7) is 6.95. The molecule has 0 rings (SSSR count). The van der Waals surface area contributed by atoms with E-state index in [1.807, 2.05) is 0 Å². The summed E-state index contributed by atoms with van der Waals surface area (Å²) in [5.41, 5.74) is 0. The van der Waals surface area contributed by atoms with Gasteiger partial charge in [-0.1, -0.05) is 52.9 Å². The second-order valence-corrected chi connectivity index (χ2v) is 6.43. The zero-order valence-corrected chi connectivity index (χ0v) is 11.6. The number of hydrogen-bond donors (Lipinski definition) is 0. The second-order valence-electron chi connectivity index (χ2n) is 4.30. The van der Waals surface area contributed by atoms with Gasteiger partial charge < -0.3 is 0 Å². The van der Waals surface area contributed by atoms with E-state index in [0.717, 1.165) is 5.92 Å². The minimum Gasteiger partial charge on any atom is -0.146 e. The maximum absolute atomic E-state index is 2.33. The van der Waals surface area contributed by atoms with Crippen molar-refractivity contribution >= 4 is 39.2 Å². The molecule has 0 aromatic rings. The van der Waals surface area contributed by atoms with E-state index in [1.165, 1.54) is 32.1 Å². The molecule has 13 heavy (non-hydrogen) atoms. The fraction of sp³-hybridized carbons (Fsp3) is 1.00. The molecule has 71 valence electrons. The van der Waals surface area contributed by atoms with Gasteiger partial charge in [0.25, 0.3) is 0 Å². The van der Waals surface area contributed by atoms with Gasteiger partial charge in [0.1, 0.15) is 0 Å². The molecule has 0 aromatic carbocycles. The first kappa shape index (κ1) is 16.8. The summed E-state index contributed by atoms with van der Waals surface area (Å²) in [5, 5.41) is 0. The van der Waals surface area contributed by atoms with Crippen LogP contribution in [0.3, 0.4) is 0 Å². The van der Waals surface area contributed by atoms with E-state index in [2.05, 4.69) is 20.8 Å². The van der Waals surface area contributed by atoms with Crippen LogP contribution in [-0.4, -0.2) is 39.2 Å². The predicted molar refractivity (Wildman–Crippen MR) is 64.7 cm³/mol. The van der Waals surface area contributed by atoms with Crippen molar-refractivity contribution < 1.29 is 0 Å². The van der Waals surface area contributed by atoms with Gasteiger partial charge in [-0.3, -0.25) is 0 Å². The quantitative estimate of drug-likeness (QED) is 0.401. The third-order valence-corrected chi connectivity index (χ3v) is 4.39. The molecular formula is C11H24LiMg. The second kappa shape index (κ2) is 13.4. The fourth-order valence-electron chi connectivity index (χ4n) is 1.51. The summed E-state index contributed by atoms with van der Waals surface area (Å²) in [4.78, 5) is 0. The first-order valence-electron chi connectivity index (χ1n) is 5.77. The summed E-state index contributed by atoms with van der Waals surface area (Å²) in [5.74, 6) is 0.919. The van der Waals surface area contributed by atoms with Crippen LogP contribution in [0.2, 0.25) is 9.10 Å². The summed E-state index contributed by atoms with van der Waals surface area (Å²) >= 11 is 0.355.